The van der Waals surface area contributed by atoms with Gasteiger partial charge in [0, 0.05) is 5.75 Å². The molecule has 48 valence electrons. The van der Waals surface area contributed by atoms with Crippen LogP contribution >= 0.6 is 25.4 Å². The lowest BCUT2D eigenvalue weighted by molar-refractivity contribution is -0.138. The molecule has 0 amide bonds. The van der Waals surface area contributed by atoms with Crippen molar-refractivity contribution in [2.45, 2.75) is 6.04 Å². The summed E-state index contributed by atoms with van der Waals surface area (Å²) >= 11 is 7.30. The van der Waals surface area contributed by atoms with E-state index >= 15 is 0 Å². The molecule has 0 spiro atoms. The van der Waals surface area contributed by atoms with Crippen molar-refractivity contribution in [1.29, 1.82) is 0 Å². The first-order chi connectivity index (χ1) is 3.72. The fourth-order valence-corrected chi connectivity index (χ4v) is 0.767. The summed E-state index contributed by atoms with van der Waals surface area (Å²) in [7, 11) is 0. The minimum atomic E-state index is -0.935. The van der Waals surface area contributed by atoms with Crippen molar-refractivity contribution in [3.05, 3.63) is 0 Å². The quantitative estimate of drug-likeness (QED) is 0.425. The van der Waals surface area contributed by atoms with Crippen molar-refractivity contribution in [3.8, 4) is 0 Å². The Balaban J connectivity index is 3.52. The van der Waals surface area contributed by atoms with Crippen LogP contribution in [0.4, 0.5) is 0 Å². The highest BCUT2D eigenvalue weighted by atomic mass is 32.1. The molecule has 0 aromatic heterocycles. The van der Waals surface area contributed by atoms with E-state index in [0.717, 1.165) is 0 Å². The third-order valence-corrected chi connectivity index (χ3v) is 1.31. The summed E-state index contributed by atoms with van der Waals surface area (Å²) in [5.74, 6) is -0.686. The molecule has 3 nitrogen and oxygen atoms in total. The smallest absolute Gasteiger partial charge is 0.322 e. The van der Waals surface area contributed by atoms with Crippen molar-refractivity contribution in [3.63, 3.8) is 0 Å². The molecular formula is C3H7NO2S2. The minimum Gasteiger partial charge on any atom is -0.480 e. The molecule has 0 aliphatic rings. The Morgan fingerprint density at radius 2 is 2.38 bits per heavy atom. The first kappa shape index (κ1) is 8.13. The molecule has 8 heavy (non-hydrogen) atoms. The van der Waals surface area contributed by atoms with Gasteiger partial charge in [0.2, 0.25) is 0 Å². The second kappa shape index (κ2) is 4.05. The van der Waals surface area contributed by atoms with Crippen LogP contribution in [0.15, 0.2) is 0 Å². The van der Waals surface area contributed by atoms with E-state index < -0.39 is 12.0 Å². The van der Waals surface area contributed by atoms with Gasteiger partial charge in [-0.2, -0.15) is 12.6 Å². The van der Waals surface area contributed by atoms with Gasteiger partial charge in [0.05, 0.1) is 0 Å². The highest BCUT2D eigenvalue weighted by molar-refractivity contribution is 7.80. The number of rotatable bonds is 3. The summed E-state index contributed by atoms with van der Waals surface area (Å²) in [6.07, 6.45) is 0. The first-order valence-electron chi connectivity index (χ1n) is 1.95. The second-order valence-corrected chi connectivity index (χ2v) is 1.83. The summed E-state index contributed by atoms with van der Waals surface area (Å²) in [6, 6.07) is -0.651. The van der Waals surface area contributed by atoms with E-state index in [4.69, 9.17) is 5.11 Å². The normalized spacial score (nSPS) is 13.2. The van der Waals surface area contributed by atoms with Gasteiger partial charge in [-0.05, 0) is 0 Å². The van der Waals surface area contributed by atoms with E-state index in [0.29, 0.717) is 0 Å². The zero-order chi connectivity index (χ0) is 6.57. The minimum absolute atomic E-state index is 0.249. The molecule has 0 aromatic carbocycles. The maximum absolute atomic E-state index is 10.0. The van der Waals surface area contributed by atoms with E-state index in [-0.39, 0.29) is 5.75 Å². The summed E-state index contributed by atoms with van der Waals surface area (Å²) in [4.78, 5) is 10.0. The van der Waals surface area contributed by atoms with Gasteiger partial charge in [-0.1, -0.05) is 12.8 Å². The molecule has 0 saturated carbocycles. The van der Waals surface area contributed by atoms with Crippen LogP contribution in [0.2, 0.25) is 0 Å². The Kier molecular flexibility index (Phi) is 4.12. The molecule has 0 bridgehead atoms. The molecule has 0 radical (unpaired) electrons. The van der Waals surface area contributed by atoms with Crippen molar-refractivity contribution >= 4 is 31.4 Å². The number of thiol groups is 2. The number of carboxylic acid groups (broad SMARTS) is 1. The van der Waals surface area contributed by atoms with E-state index in [1.165, 1.54) is 0 Å². The predicted molar refractivity (Wildman–Crippen MR) is 37.4 cm³/mol. The summed E-state index contributed by atoms with van der Waals surface area (Å²) < 4.78 is 2.27. The van der Waals surface area contributed by atoms with E-state index in [2.05, 4.69) is 30.2 Å². The Hall–Kier alpha value is 0.130. The number of hydrogen-bond acceptors (Lipinski definition) is 4. The van der Waals surface area contributed by atoms with Gasteiger partial charge in [-0.3, -0.25) is 9.52 Å². The van der Waals surface area contributed by atoms with Crippen LogP contribution in [0, 0.1) is 0 Å². The molecule has 2 N–H and O–H groups in total. The highest BCUT2D eigenvalue weighted by Crippen LogP contribution is 1.87. The predicted octanol–water partition coefficient (Wildman–Crippen LogP) is -0.196. The lowest BCUT2D eigenvalue weighted by Gasteiger charge is -2.03. The van der Waals surface area contributed by atoms with Crippen molar-refractivity contribution < 1.29 is 9.90 Å². The van der Waals surface area contributed by atoms with Crippen LogP contribution in [0.25, 0.3) is 0 Å². The molecular weight excluding hydrogens is 146 g/mol. The summed E-state index contributed by atoms with van der Waals surface area (Å²) in [5, 5.41) is 8.21. The van der Waals surface area contributed by atoms with Gasteiger partial charge >= 0.3 is 5.97 Å². The lowest BCUT2D eigenvalue weighted by atomic mass is 10.4. The molecule has 0 heterocycles. The molecule has 0 unspecified atom stereocenters. The van der Waals surface area contributed by atoms with Gasteiger partial charge in [0.15, 0.2) is 0 Å². The summed E-state index contributed by atoms with van der Waals surface area (Å²) in [6.45, 7) is 0. The van der Waals surface area contributed by atoms with Crippen LogP contribution in [-0.2, 0) is 4.79 Å². The average molecular weight is 153 g/mol. The SMILES string of the molecule is O=C(O)[C@H](CS)NS. The fourth-order valence-electron chi connectivity index (χ4n) is 0.174. The molecule has 0 rings (SSSR count). The van der Waals surface area contributed by atoms with Gasteiger partial charge in [-0.15, -0.1) is 0 Å². The van der Waals surface area contributed by atoms with Crippen LogP contribution in [0.3, 0.4) is 0 Å². The molecule has 0 fully saturated rings. The highest BCUT2D eigenvalue weighted by Gasteiger charge is 2.11. The summed E-state index contributed by atoms with van der Waals surface area (Å²) in [5.41, 5.74) is 0. The van der Waals surface area contributed by atoms with Crippen molar-refractivity contribution in [1.82, 2.24) is 4.72 Å². The van der Waals surface area contributed by atoms with Crippen molar-refractivity contribution in [2.24, 2.45) is 0 Å². The standard InChI is InChI=1S/C3H7NO2S2/c5-3(6)2(1-7)4-8/h2,4,7-8H,1H2,(H,5,6)/t2-/m0/s1. The van der Waals surface area contributed by atoms with Crippen LogP contribution < -0.4 is 4.72 Å². The van der Waals surface area contributed by atoms with E-state index in [9.17, 15) is 4.79 Å². The Bertz CT molecular complexity index is 83.4. The van der Waals surface area contributed by atoms with Gasteiger partial charge < -0.3 is 5.11 Å². The van der Waals surface area contributed by atoms with E-state index in [1.54, 1.807) is 0 Å². The lowest BCUT2D eigenvalue weighted by Crippen LogP contribution is -2.32. The molecule has 0 aliphatic heterocycles. The van der Waals surface area contributed by atoms with Crippen LogP contribution in [-0.4, -0.2) is 22.9 Å². The number of hydrogen-bond donors (Lipinski definition) is 4. The van der Waals surface area contributed by atoms with Crippen molar-refractivity contribution in [2.75, 3.05) is 5.75 Å². The molecule has 0 saturated heterocycles. The number of aliphatic carboxylic acids is 1. The Labute approximate surface area is 58.4 Å². The third-order valence-electron chi connectivity index (χ3n) is 0.637. The topological polar surface area (TPSA) is 49.3 Å². The van der Waals surface area contributed by atoms with Gasteiger partial charge in [0.1, 0.15) is 6.04 Å². The maximum Gasteiger partial charge on any atom is 0.322 e. The maximum atomic E-state index is 10.0. The van der Waals surface area contributed by atoms with Crippen LogP contribution in [0.1, 0.15) is 0 Å². The number of carboxylic acids is 1. The van der Waals surface area contributed by atoms with Gasteiger partial charge in [0.25, 0.3) is 0 Å². The van der Waals surface area contributed by atoms with E-state index in [1.807, 2.05) is 0 Å². The third kappa shape index (κ3) is 2.44. The number of carbonyl (C=O) groups is 1. The van der Waals surface area contributed by atoms with Crippen LogP contribution in [0.5, 0.6) is 0 Å². The Morgan fingerprint density at radius 3 is 2.38 bits per heavy atom. The molecule has 0 aromatic rings. The fraction of sp³-hybridized carbons (Fsp3) is 0.667. The zero-order valence-corrected chi connectivity index (χ0v) is 5.82. The molecule has 5 heteroatoms. The van der Waals surface area contributed by atoms with Gasteiger partial charge in [-0.25, -0.2) is 0 Å². The largest absolute Gasteiger partial charge is 0.480 e. The zero-order valence-electron chi connectivity index (χ0n) is 4.03. The molecule has 1 atom stereocenters. The Morgan fingerprint density at radius 1 is 1.88 bits per heavy atom. The molecule has 0 aliphatic carbocycles. The second-order valence-electron chi connectivity index (χ2n) is 1.20. The number of nitrogens with one attached hydrogen (secondary N) is 1. The average Bonchev–Trinajstić information content (AvgIpc) is 1.69. The first-order valence-corrected chi connectivity index (χ1v) is 3.03. The monoisotopic (exact) mass is 153 g/mol.